The monoisotopic (exact) mass is 429 g/mol. The molecule has 0 unspecified atom stereocenters. The normalized spacial score (nSPS) is 34.1. The lowest BCUT2D eigenvalue weighted by Gasteiger charge is -2.43. The predicted molar refractivity (Wildman–Crippen MR) is 117 cm³/mol. The van der Waals surface area contributed by atoms with Gasteiger partial charge < -0.3 is 24.4 Å². The Morgan fingerprint density at radius 2 is 1.86 bits per heavy atom. The van der Waals surface area contributed by atoms with Crippen molar-refractivity contribution in [1.29, 1.82) is 0 Å². The molecule has 1 saturated carbocycles. The van der Waals surface area contributed by atoms with Crippen molar-refractivity contribution in [2.45, 2.75) is 116 Å². The quantitative estimate of drug-likeness (QED) is 0.503. The van der Waals surface area contributed by atoms with E-state index in [-0.39, 0.29) is 47.2 Å². The van der Waals surface area contributed by atoms with Crippen molar-refractivity contribution in [3.8, 4) is 0 Å². The maximum absolute atomic E-state index is 11.4. The molecular weight excluding hydrogens is 386 g/mol. The minimum atomic E-state index is -1.96. The molecule has 7 heteroatoms. The highest BCUT2D eigenvalue weighted by Crippen LogP contribution is 2.44. The van der Waals surface area contributed by atoms with Crippen molar-refractivity contribution < 1.29 is 23.4 Å². The number of hydrogen-bond donors (Lipinski definition) is 1. The molecule has 1 heterocycles. The molecule has 170 valence electrons. The second-order valence-corrected chi connectivity index (χ2v) is 15.6. The SMILES string of the molecule is CC(=O)OC[C@H]1CCC[C@@H](N)[C@H]1[C@H]1OC(C)(C)O[C@H]1[C@H](C)O[Si](C)(C)C(C)(C)C. The summed E-state index contributed by atoms with van der Waals surface area (Å²) in [4.78, 5) is 11.4. The first-order valence-electron chi connectivity index (χ1n) is 11.1. The average molecular weight is 430 g/mol. The lowest BCUT2D eigenvalue weighted by Crippen LogP contribution is -2.54. The van der Waals surface area contributed by atoms with E-state index in [1.54, 1.807) is 0 Å². The summed E-state index contributed by atoms with van der Waals surface area (Å²) < 4.78 is 24.8. The van der Waals surface area contributed by atoms with E-state index in [9.17, 15) is 4.79 Å². The topological polar surface area (TPSA) is 80.0 Å². The van der Waals surface area contributed by atoms with E-state index in [0.29, 0.717) is 6.61 Å². The maximum atomic E-state index is 11.4. The second kappa shape index (κ2) is 8.95. The Labute approximate surface area is 178 Å². The zero-order valence-electron chi connectivity index (χ0n) is 19.9. The Kier molecular flexibility index (Phi) is 7.65. The van der Waals surface area contributed by atoms with Crippen LogP contribution in [0.1, 0.15) is 67.7 Å². The summed E-state index contributed by atoms with van der Waals surface area (Å²) in [5, 5.41) is 0.116. The highest BCUT2D eigenvalue weighted by molar-refractivity contribution is 6.74. The van der Waals surface area contributed by atoms with Gasteiger partial charge in [-0.25, -0.2) is 0 Å². The third-order valence-electron chi connectivity index (χ3n) is 6.94. The molecule has 0 aromatic heterocycles. The van der Waals surface area contributed by atoms with Crippen LogP contribution in [-0.2, 0) is 23.4 Å². The second-order valence-electron chi connectivity index (χ2n) is 10.9. The van der Waals surface area contributed by atoms with Crippen LogP contribution in [-0.4, -0.2) is 51.0 Å². The van der Waals surface area contributed by atoms with Crippen molar-refractivity contribution in [3.63, 3.8) is 0 Å². The van der Waals surface area contributed by atoms with Crippen LogP contribution in [0.25, 0.3) is 0 Å². The Balaban J connectivity index is 2.25. The molecule has 0 aromatic rings. The molecule has 1 aliphatic carbocycles. The maximum Gasteiger partial charge on any atom is 0.302 e. The Bertz CT molecular complexity index is 574. The van der Waals surface area contributed by atoms with E-state index in [1.165, 1.54) is 6.92 Å². The lowest BCUT2D eigenvalue weighted by molar-refractivity contribution is -0.161. The van der Waals surface area contributed by atoms with Crippen molar-refractivity contribution in [1.82, 2.24) is 0 Å². The first kappa shape index (κ1) is 24.8. The molecule has 6 nitrogen and oxygen atoms in total. The molecule has 2 rings (SSSR count). The molecule has 0 radical (unpaired) electrons. The van der Waals surface area contributed by atoms with Crippen LogP contribution < -0.4 is 5.73 Å². The average Bonchev–Trinajstić information content (AvgIpc) is 2.87. The third kappa shape index (κ3) is 6.03. The molecular formula is C22H43NO5Si. The largest absolute Gasteiger partial charge is 0.466 e. The van der Waals surface area contributed by atoms with Gasteiger partial charge in [0.05, 0.1) is 18.8 Å². The van der Waals surface area contributed by atoms with Gasteiger partial charge in [0.2, 0.25) is 0 Å². The number of nitrogens with two attached hydrogens (primary N) is 1. The van der Waals surface area contributed by atoms with Gasteiger partial charge in [-0.3, -0.25) is 4.79 Å². The van der Waals surface area contributed by atoms with E-state index in [0.717, 1.165) is 19.3 Å². The zero-order chi connectivity index (χ0) is 22.2. The van der Waals surface area contributed by atoms with Crippen molar-refractivity contribution >= 4 is 14.3 Å². The molecule has 2 aliphatic rings. The van der Waals surface area contributed by atoms with Gasteiger partial charge in [0.1, 0.15) is 6.10 Å². The van der Waals surface area contributed by atoms with Gasteiger partial charge in [-0.05, 0) is 57.7 Å². The molecule has 29 heavy (non-hydrogen) atoms. The molecule has 0 spiro atoms. The fraction of sp³-hybridized carbons (Fsp3) is 0.955. The fourth-order valence-electron chi connectivity index (χ4n) is 4.47. The van der Waals surface area contributed by atoms with E-state index < -0.39 is 14.1 Å². The first-order chi connectivity index (χ1) is 13.1. The summed E-state index contributed by atoms with van der Waals surface area (Å²) in [5.41, 5.74) is 6.59. The molecule has 0 aromatic carbocycles. The van der Waals surface area contributed by atoms with Crippen LogP contribution in [0.2, 0.25) is 18.1 Å². The summed E-state index contributed by atoms with van der Waals surface area (Å²) in [7, 11) is -1.96. The summed E-state index contributed by atoms with van der Waals surface area (Å²) in [6, 6.07) is -0.00520. The molecule has 0 amide bonds. The van der Waals surface area contributed by atoms with Gasteiger partial charge in [-0.15, -0.1) is 0 Å². The first-order valence-corrected chi connectivity index (χ1v) is 14.0. The standard InChI is InChI=1S/C22H43NO5Si/c1-14(28-29(8,9)21(3,4)5)19-20(27-22(6,7)26-19)18-16(13-25-15(2)24)11-10-12-17(18)23/h14,16-20H,10-13,23H2,1-9H3/t14-,16+,17+,18-,19-,20+/m0/s1. The van der Waals surface area contributed by atoms with Crippen molar-refractivity contribution in [2.75, 3.05) is 6.61 Å². The zero-order valence-corrected chi connectivity index (χ0v) is 20.9. The molecule has 1 saturated heterocycles. The molecule has 1 aliphatic heterocycles. The minimum absolute atomic E-state index is 0.00520. The number of ether oxygens (including phenoxy) is 3. The van der Waals surface area contributed by atoms with Gasteiger partial charge in [-0.1, -0.05) is 27.2 Å². The Hall–Kier alpha value is -0.473. The van der Waals surface area contributed by atoms with E-state index >= 15 is 0 Å². The highest BCUT2D eigenvalue weighted by atomic mass is 28.4. The molecule has 0 bridgehead atoms. The Morgan fingerprint density at radius 3 is 2.41 bits per heavy atom. The van der Waals surface area contributed by atoms with Crippen LogP contribution in [0.15, 0.2) is 0 Å². The summed E-state index contributed by atoms with van der Waals surface area (Å²) in [5.74, 6) is -0.699. The van der Waals surface area contributed by atoms with Crippen LogP contribution in [0.4, 0.5) is 0 Å². The van der Waals surface area contributed by atoms with Gasteiger partial charge >= 0.3 is 5.97 Å². The van der Waals surface area contributed by atoms with E-state index in [2.05, 4.69) is 40.8 Å². The molecule has 2 N–H and O–H groups in total. The van der Waals surface area contributed by atoms with Crippen molar-refractivity contribution in [2.24, 2.45) is 17.6 Å². The number of esters is 1. The minimum Gasteiger partial charge on any atom is -0.466 e. The number of hydrogen-bond acceptors (Lipinski definition) is 6. The van der Waals surface area contributed by atoms with Gasteiger partial charge in [0.25, 0.3) is 0 Å². The number of carbonyl (C=O) groups excluding carboxylic acids is 1. The summed E-state index contributed by atoms with van der Waals surface area (Å²) >= 11 is 0. The molecule has 6 atom stereocenters. The van der Waals surface area contributed by atoms with Crippen LogP contribution in [0.3, 0.4) is 0 Å². The predicted octanol–water partition coefficient (Wildman–Crippen LogP) is 4.22. The third-order valence-corrected chi connectivity index (χ3v) is 11.5. The van der Waals surface area contributed by atoms with Crippen molar-refractivity contribution in [3.05, 3.63) is 0 Å². The fourth-order valence-corrected chi connectivity index (χ4v) is 5.88. The Morgan fingerprint density at radius 1 is 1.24 bits per heavy atom. The van der Waals surface area contributed by atoms with Gasteiger partial charge in [0, 0.05) is 18.9 Å². The number of rotatable bonds is 6. The van der Waals surface area contributed by atoms with Gasteiger partial charge in [-0.2, -0.15) is 0 Å². The van der Waals surface area contributed by atoms with Crippen LogP contribution >= 0.6 is 0 Å². The van der Waals surface area contributed by atoms with Gasteiger partial charge in [0.15, 0.2) is 14.1 Å². The number of carbonyl (C=O) groups is 1. The van der Waals surface area contributed by atoms with E-state index in [4.69, 9.17) is 24.4 Å². The van der Waals surface area contributed by atoms with Crippen LogP contribution in [0, 0.1) is 11.8 Å². The summed E-state index contributed by atoms with van der Waals surface area (Å²) in [6.45, 7) is 19.1. The summed E-state index contributed by atoms with van der Waals surface area (Å²) in [6.07, 6.45) is 2.49. The van der Waals surface area contributed by atoms with E-state index in [1.807, 2.05) is 13.8 Å². The molecule has 2 fully saturated rings. The smallest absolute Gasteiger partial charge is 0.302 e. The highest BCUT2D eigenvalue weighted by Gasteiger charge is 2.53. The lowest BCUT2D eigenvalue weighted by atomic mass is 9.72. The van der Waals surface area contributed by atoms with Crippen LogP contribution in [0.5, 0.6) is 0 Å².